The van der Waals surface area contributed by atoms with E-state index in [0.717, 1.165) is 11.3 Å². The fraction of sp³-hybridized carbons (Fsp3) is 0.133. The monoisotopic (exact) mass is 273 g/mol. The van der Waals surface area contributed by atoms with E-state index >= 15 is 0 Å². The van der Waals surface area contributed by atoms with Crippen LogP contribution >= 0.6 is 11.6 Å². The zero-order chi connectivity index (χ0) is 13.7. The third kappa shape index (κ3) is 4.30. The molecular formula is C15H16ClN3. The van der Waals surface area contributed by atoms with Gasteiger partial charge in [0.25, 0.3) is 0 Å². The fourth-order valence-electron chi connectivity index (χ4n) is 1.72. The molecule has 0 atom stereocenters. The van der Waals surface area contributed by atoms with Gasteiger partial charge in [-0.2, -0.15) is 0 Å². The lowest BCUT2D eigenvalue weighted by molar-refractivity contribution is 1.06. The van der Waals surface area contributed by atoms with Gasteiger partial charge < -0.3 is 11.1 Å². The highest BCUT2D eigenvalue weighted by atomic mass is 35.5. The number of guanidine groups is 1. The van der Waals surface area contributed by atoms with Crippen molar-refractivity contribution in [3.8, 4) is 0 Å². The van der Waals surface area contributed by atoms with E-state index < -0.39 is 0 Å². The molecule has 0 aliphatic heterocycles. The molecule has 0 bridgehead atoms. The number of nitrogens with two attached hydrogens (primary N) is 1. The summed E-state index contributed by atoms with van der Waals surface area (Å²) < 4.78 is 0. The third-order valence-electron chi connectivity index (χ3n) is 2.61. The van der Waals surface area contributed by atoms with Crippen LogP contribution in [0.3, 0.4) is 0 Å². The summed E-state index contributed by atoms with van der Waals surface area (Å²) in [6, 6.07) is 15.6. The van der Waals surface area contributed by atoms with Crippen LogP contribution in [0.1, 0.15) is 11.1 Å². The van der Waals surface area contributed by atoms with Crippen LogP contribution in [-0.4, -0.2) is 5.96 Å². The van der Waals surface area contributed by atoms with E-state index in [4.69, 9.17) is 17.3 Å². The predicted octanol–water partition coefficient (Wildman–Crippen LogP) is 3.58. The molecule has 0 spiro atoms. The number of halogens is 1. The molecule has 0 aliphatic rings. The average molecular weight is 274 g/mol. The van der Waals surface area contributed by atoms with Crippen molar-refractivity contribution in [2.45, 2.75) is 13.5 Å². The highest BCUT2D eigenvalue weighted by Crippen LogP contribution is 2.12. The molecule has 4 heteroatoms. The lowest BCUT2D eigenvalue weighted by atomic mass is 10.2. The first-order valence-electron chi connectivity index (χ1n) is 6.01. The summed E-state index contributed by atoms with van der Waals surface area (Å²) in [5.74, 6) is 0.394. The van der Waals surface area contributed by atoms with Crippen molar-refractivity contribution in [1.29, 1.82) is 0 Å². The molecule has 3 nitrogen and oxygen atoms in total. The van der Waals surface area contributed by atoms with Crippen molar-refractivity contribution >= 4 is 23.2 Å². The summed E-state index contributed by atoms with van der Waals surface area (Å²) in [7, 11) is 0. The van der Waals surface area contributed by atoms with Gasteiger partial charge in [0.1, 0.15) is 0 Å². The number of aryl methyl sites for hydroxylation is 1. The standard InChI is InChI=1S/C15H16ClN3/c1-11-4-2-7-14(8-11)19-15(17)18-10-12-5-3-6-13(16)9-12/h2-9H,10H2,1H3,(H3,17,18,19). The van der Waals surface area contributed by atoms with Crippen molar-refractivity contribution in [3.63, 3.8) is 0 Å². The van der Waals surface area contributed by atoms with Gasteiger partial charge in [-0.3, -0.25) is 0 Å². The maximum Gasteiger partial charge on any atom is 0.193 e. The third-order valence-corrected chi connectivity index (χ3v) is 2.85. The quantitative estimate of drug-likeness (QED) is 0.663. The van der Waals surface area contributed by atoms with Gasteiger partial charge in [0.15, 0.2) is 5.96 Å². The van der Waals surface area contributed by atoms with E-state index in [0.29, 0.717) is 17.5 Å². The Morgan fingerprint density at radius 3 is 2.74 bits per heavy atom. The second-order valence-corrected chi connectivity index (χ2v) is 4.76. The minimum absolute atomic E-state index is 0.394. The summed E-state index contributed by atoms with van der Waals surface area (Å²) in [4.78, 5) is 4.29. The number of nitrogens with zero attached hydrogens (tertiary/aromatic N) is 1. The Hall–Kier alpha value is -2.00. The number of benzene rings is 2. The summed E-state index contributed by atoms with van der Waals surface area (Å²) in [6.07, 6.45) is 0. The molecule has 3 N–H and O–H groups in total. The molecule has 98 valence electrons. The molecule has 0 saturated carbocycles. The minimum Gasteiger partial charge on any atom is -0.370 e. The summed E-state index contributed by atoms with van der Waals surface area (Å²) >= 11 is 5.91. The van der Waals surface area contributed by atoms with Gasteiger partial charge in [-0.1, -0.05) is 35.9 Å². The molecule has 0 radical (unpaired) electrons. The second kappa shape index (κ2) is 6.25. The van der Waals surface area contributed by atoms with Crippen molar-refractivity contribution in [2.24, 2.45) is 10.7 Å². The van der Waals surface area contributed by atoms with Crippen LogP contribution in [0.4, 0.5) is 5.69 Å². The van der Waals surface area contributed by atoms with Gasteiger partial charge >= 0.3 is 0 Å². The molecular weight excluding hydrogens is 258 g/mol. The Bertz CT molecular complexity index is 593. The zero-order valence-electron chi connectivity index (χ0n) is 10.7. The lowest BCUT2D eigenvalue weighted by Crippen LogP contribution is -2.22. The van der Waals surface area contributed by atoms with Crippen molar-refractivity contribution in [2.75, 3.05) is 5.32 Å². The van der Waals surface area contributed by atoms with E-state index in [1.165, 1.54) is 5.56 Å². The van der Waals surface area contributed by atoms with Crippen molar-refractivity contribution in [1.82, 2.24) is 0 Å². The summed E-state index contributed by atoms with van der Waals surface area (Å²) in [5, 5.41) is 3.77. The van der Waals surface area contributed by atoms with Gasteiger partial charge in [0.2, 0.25) is 0 Å². The number of rotatable bonds is 3. The van der Waals surface area contributed by atoms with Crippen molar-refractivity contribution < 1.29 is 0 Å². The average Bonchev–Trinajstić information content (AvgIpc) is 2.36. The second-order valence-electron chi connectivity index (χ2n) is 4.33. The molecule has 0 unspecified atom stereocenters. The Morgan fingerprint density at radius 1 is 1.21 bits per heavy atom. The highest BCUT2D eigenvalue weighted by Gasteiger charge is 1.96. The van der Waals surface area contributed by atoms with Gasteiger partial charge in [-0.15, -0.1) is 0 Å². The van der Waals surface area contributed by atoms with E-state index in [2.05, 4.69) is 10.3 Å². The van der Waals surface area contributed by atoms with E-state index in [-0.39, 0.29) is 0 Å². The normalized spacial score (nSPS) is 11.4. The fourth-order valence-corrected chi connectivity index (χ4v) is 1.93. The lowest BCUT2D eigenvalue weighted by Gasteiger charge is -2.06. The molecule has 0 aromatic heterocycles. The molecule has 0 amide bonds. The minimum atomic E-state index is 0.394. The number of anilines is 1. The number of nitrogens with one attached hydrogen (secondary N) is 1. The van der Waals surface area contributed by atoms with Crippen LogP contribution in [-0.2, 0) is 6.54 Å². The molecule has 19 heavy (non-hydrogen) atoms. The topological polar surface area (TPSA) is 50.4 Å². The predicted molar refractivity (Wildman–Crippen MR) is 81.6 cm³/mol. The first kappa shape index (κ1) is 13.4. The summed E-state index contributed by atoms with van der Waals surface area (Å²) in [6.45, 7) is 2.54. The highest BCUT2D eigenvalue weighted by molar-refractivity contribution is 6.30. The molecule has 2 aromatic rings. The number of hydrogen-bond acceptors (Lipinski definition) is 1. The van der Waals surface area contributed by atoms with E-state index in [1.54, 1.807) is 0 Å². The first-order chi connectivity index (χ1) is 9.13. The van der Waals surface area contributed by atoms with Crippen LogP contribution in [0.15, 0.2) is 53.5 Å². The van der Waals surface area contributed by atoms with Crippen LogP contribution in [0.25, 0.3) is 0 Å². The largest absolute Gasteiger partial charge is 0.370 e. The van der Waals surface area contributed by atoms with Gasteiger partial charge in [0.05, 0.1) is 6.54 Å². The molecule has 0 heterocycles. The number of aliphatic imine (C=N–C) groups is 1. The van der Waals surface area contributed by atoms with Crippen LogP contribution in [0.2, 0.25) is 5.02 Å². The Morgan fingerprint density at radius 2 is 2.00 bits per heavy atom. The van der Waals surface area contributed by atoms with E-state index in [9.17, 15) is 0 Å². The first-order valence-corrected chi connectivity index (χ1v) is 6.39. The molecule has 0 saturated heterocycles. The summed E-state index contributed by atoms with van der Waals surface area (Å²) in [5.41, 5.74) is 8.99. The van der Waals surface area contributed by atoms with Gasteiger partial charge in [0, 0.05) is 10.7 Å². The van der Waals surface area contributed by atoms with Gasteiger partial charge in [-0.25, -0.2) is 4.99 Å². The van der Waals surface area contributed by atoms with Crippen molar-refractivity contribution in [3.05, 3.63) is 64.7 Å². The maximum atomic E-state index is 5.91. The maximum absolute atomic E-state index is 5.91. The molecule has 0 fully saturated rings. The SMILES string of the molecule is Cc1cccc(NC(N)=NCc2cccc(Cl)c2)c1. The zero-order valence-corrected chi connectivity index (χ0v) is 11.5. The number of hydrogen-bond donors (Lipinski definition) is 2. The molecule has 2 aromatic carbocycles. The Balaban J connectivity index is 2.00. The molecule has 2 rings (SSSR count). The van der Waals surface area contributed by atoms with Gasteiger partial charge in [-0.05, 0) is 42.3 Å². The Labute approximate surface area is 118 Å². The van der Waals surface area contributed by atoms with E-state index in [1.807, 2.05) is 55.5 Å². The van der Waals surface area contributed by atoms with Crippen LogP contribution in [0.5, 0.6) is 0 Å². The van der Waals surface area contributed by atoms with Crippen LogP contribution in [0, 0.1) is 6.92 Å². The Kier molecular flexibility index (Phi) is 4.42. The smallest absolute Gasteiger partial charge is 0.193 e. The molecule has 0 aliphatic carbocycles. The van der Waals surface area contributed by atoms with Crippen LogP contribution < -0.4 is 11.1 Å².